The Labute approximate surface area is 129 Å². The summed E-state index contributed by atoms with van der Waals surface area (Å²) in [5, 5.41) is 0. The van der Waals surface area contributed by atoms with Gasteiger partial charge in [0.05, 0.1) is 0 Å². The second-order valence-corrected chi connectivity index (χ2v) is 7.47. The topological polar surface area (TPSA) is 29.3 Å². The van der Waals surface area contributed by atoms with Gasteiger partial charge in [-0.25, -0.2) is 0 Å². The van der Waals surface area contributed by atoms with E-state index in [1.807, 2.05) is 0 Å². The summed E-state index contributed by atoms with van der Waals surface area (Å²) in [6.07, 6.45) is 8.08. The number of piperidine rings is 1. The Kier molecular flexibility index (Phi) is 4.66. The van der Waals surface area contributed by atoms with Crippen molar-refractivity contribution in [3.8, 4) is 0 Å². The molecule has 2 heteroatoms. The van der Waals surface area contributed by atoms with Crippen molar-refractivity contribution in [1.29, 1.82) is 0 Å². The number of hydrogen-bond acceptors (Lipinski definition) is 2. The summed E-state index contributed by atoms with van der Waals surface area (Å²) in [7, 11) is 0. The molecule has 1 aliphatic heterocycles. The van der Waals surface area contributed by atoms with Gasteiger partial charge >= 0.3 is 0 Å². The highest BCUT2D eigenvalue weighted by atomic mass is 15.2. The van der Waals surface area contributed by atoms with E-state index in [1.165, 1.54) is 57.2 Å². The lowest BCUT2D eigenvalue weighted by molar-refractivity contribution is 0.0570. The van der Waals surface area contributed by atoms with Crippen LogP contribution in [0.15, 0.2) is 30.3 Å². The third-order valence-corrected chi connectivity index (χ3v) is 5.61. The number of hydrogen-bond donors (Lipinski definition) is 1. The van der Waals surface area contributed by atoms with E-state index in [0.29, 0.717) is 0 Å². The molecule has 0 spiro atoms. The zero-order valence-corrected chi connectivity index (χ0v) is 13.4. The lowest BCUT2D eigenvalue weighted by Crippen LogP contribution is -2.54. The maximum atomic E-state index is 6.13. The normalized spacial score (nSPS) is 23.9. The van der Waals surface area contributed by atoms with Crippen molar-refractivity contribution in [2.45, 2.75) is 51.0 Å². The van der Waals surface area contributed by atoms with Crippen molar-refractivity contribution in [1.82, 2.24) is 4.90 Å². The van der Waals surface area contributed by atoms with Crippen molar-refractivity contribution in [2.75, 3.05) is 19.6 Å². The predicted octanol–water partition coefficient (Wildman–Crippen LogP) is 3.46. The van der Waals surface area contributed by atoms with Gasteiger partial charge < -0.3 is 5.73 Å². The van der Waals surface area contributed by atoms with Gasteiger partial charge in [-0.2, -0.15) is 0 Å². The molecule has 1 unspecified atom stereocenters. The molecule has 1 heterocycles. The molecule has 1 saturated carbocycles. The van der Waals surface area contributed by atoms with E-state index >= 15 is 0 Å². The number of benzene rings is 1. The van der Waals surface area contributed by atoms with Gasteiger partial charge in [0.15, 0.2) is 0 Å². The van der Waals surface area contributed by atoms with Crippen LogP contribution in [0.25, 0.3) is 0 Å². The summed E-state index contributed by atoms with van der Waals surface area (Å²) in [5.41, 5.74) is 7.88. The summed E-state index contributed by atoms with van der Waals surface area (Å²) >= 11 is 0. The smallest absolute Gasteiger partial charge is 0.0306 e. The number of likely N-dealkylation sites (tertiary alicyclic amines) is 1. The molecule has 2 N–H and O–H groups in total. The molecule has 1 aromatic rings. The van der Waals surface area contributed by atoms with Gasteiger partial charge in [-0.3, -0.25) is 4.90 Å². The van der Waals surface area contributed by atoms with Crippen molar-refractivity contribution < 1.29 is 0 Å². The highest BCUT2D eigenvalue weighted by Gasteiger charge is 2.38. The van der Waals surface area contributed by atoms with Gasteiger partial charge in [-0.15, -0.1) is 0 Å². The van der Waals surface area contributed by atoms with Crippen LogP contribution in [0.1, 0.15) is 44.6 Å². The van der Waals surface area contributed by atoms with Crippen LogP contribution in [0.4, 0.5) is 0 Å². The minimum absolute atomic E-state index is 0.249. The third-order valence-electron chi connectivity index (χ3n) is 5.61. The molecule has 0 aromatic heterocycles. The first kappa shape index (κ1) is 15.1. The second-order valence-electron chi connectivity index (χ2n) is 7.47. The number of nitrogens with two attached hydrogens (primary N) is 1. The van der Waals surface area contributed by atoms with Gasteiger partial charge in [0.2, 0.25) is 0 Å². The van der Waals surface area contributed by atoms with E-state index in [4.69, 9.17) is 5.73 Å². The zero-order chi connectivity index (χ0) is 14.7. The van der Waals surface area contributed by atoms with Gasteiger partial charge in [0.25, 0.3) is 0 Å². The van der Waals surface area contributed by atoms with Crippen LogP contribution in [0.3, 0.4) is 0 Å². The maximum absolute atomic E-state index is 6.13. The standard InChI is InChI=1S/C19H30N2/c1-19(15-20,14-18-7-8-18)21-11-9-17(10-12-21)13-16-5-3-2-4-6-16/h2-6,17-18H,7-15,20H2,1H3. The molecule has 0 amide bonds. The monoisotopic (exact) mass is 286 g/mol. The van der Waals surface area contributed by atoms with Gasteiger partial charge in [0, 0.05) is 12.1 Å². The van der Waals surface area contributed by atoms with Crippen molar-refractivity contribution in [3.63, 3.8) is 0 Å². The van der Waals surface area contributed by atoms with Crippen molar-refractivity contribution >= 4 is 0 Å². The van der Waals surface area contributed by atoms with Crippen LogP contribution in [0, 0.1) is 11.8 Å². The third kappa shape index (κ3) is 3.87. The Balaban J connectivity index is 1.52. The summed E-state index contributed by atoms with van der Waals surface area (Å²) in [6, 6.07) is 11.0. The van der Waals surface area contributed by atoms with Crippen LogP contribution in [-0.2, 0) is 6.42 Å². The lowest BCUT2D eigenvalue weighted by atomic mass is 9.85. The SMILES string of the molecule is CC(CN)(CC1CC1)N1CCC(Cc2ccccc2)CC1. The average Bonchev–Trinajstić information content (AvgIpc) is 3.33. The average molecular weight is 286 g/mol. The Hall–Kier alpha value is -0.860. The zero-order valence-electron chi connectivity index (χ0n) is 13.4. The first-order chi connectivity index (χ1) is 10.2. The Bertz CT molecular complexity index is 432. The van der Waals surface area contributed by atoms with Crippen molar-refractivity contribution in [2.24, 2.45) is 17.6 Å². The van der Waals surface area contributed by atoms with Gasteiger partial charge in [0.1, 0.15) is 0 Å². The Morgan fingerprint density at radius 1 is 1.05 bits per heavy atom. The minimum Gasteiger partial charge on any atom is -0.329 e. The van der Waals surface area contributed by atoms with Crippen LogP contribution in [0.2, 0.25) is 0 Å². The fourth-order valence-electron chi connectivity index (χ4n) is 3.91. The highest BCUT2D eigenvalue weighted by Crippen LogP contribution is 2.39. The molecule has 1 aliphatic carbocycles. The molecule has 116 valence electrons. The van der Waals surface area contributed by atoms with Crippen molar-refractivity contribution in [3.05, 3.63) is 35.9 Å². The van der Waals surface area contributed by atoms with Crippen LogP contribution < -0.4 is 5.73 Å². The molecule has 0 radical (unpaired) electrons. The maximum Gasteiger partial charge on any atom is 0.0306 e. The van der Waals surface area contributed by atoms with Gasteiger partial charge in [-0.05, 0) is 63.1 Å². The van der Waals surface area contributed by atoms with E-state index < -0.39 is 0 Å². The molecule has 0 bridgehead atoms. The summed E-state index contributed by atoms with van der Waals surface area (Å²) < 4.78 is 0. The minimum atomic E-state index is 0.249. The molecule has 1 atom stereocenters. The molecular weight excluding hydrogens is 256 g/mol. The highest BCUT2D eigenvalue weighted by molar-refractivity contribution is 5.15. The lowest BCUT2D eigenvalue weighted by Gasteiger charge is -2.45. The largest absolute Gasteiger partial charge is 0.329 e. The Morgan fingerprint density at radius 3 is 2.29 bits per heavy atom. The van der Waals surface area contributed by atoms with E-state index in [1.54, 1.807) is 0 Å². The molecule has 21 heavy (non-hydrogen) atoms. The molecule has 2 aliphatic rings. The molecule has 2 fully saturated rings. The number of nitrogens with zero attached hydrogens (tertiary/aromatic N) is 1. The summed E-state index contributed by atoms with van der Waals surface area (Å²) in [4.78, 5) is 2.69. The van der Waals surface area contributed by atoms with E-state index in [2.05, 4.69) is 42.2 Å². The molecular formula is C19H30N2. The van der Waals surface area contributed by atoms with Gasteiger partial charge in [-0.1, -0.05) is 43.2 Å². The van der Waals surface area contributed by atoms with E-state index in [-0.39, 0.29) is 5.54 Å². The van der Waals surface area contributed by atoms with E-state index in [9.17, 15) is 0 Å². The fourth-order valence-corrected chi connectivity index (χ4v) is 3.91. The molecule has 1 aromatic carbocycles. The fraction of sp³-hybridized carbons (Fsp3) is 0.684. The van der Waals surface area contributed by atoms with E-state index in [0.717, 1.165) is 18.4 Å². The second kappa shape index (κ2) is 6.50. The first-order valence-electron chi connectivity index (χ1n) is 8.69. The summed E-state index contributed by atoms with van der Waals surface area (Å²) in [6.45, 7) is 5.67. The first-order valence-corrected chi connectivity index (χ1v) is 8.69. The number of rotatable bonds is 6. The quantitative estimate of drug-likeness (QED) is 0.868. The van der Waals surface area contributed by atoms with Crippen LogP contribution >= 0.6 is 0 Å². The molecule has 3 rings (SSSR count). The predicted molar refractivity (Wildman–Crippen MR) is 89.2 cm³/mol. The molecule has 2 nitrogen and oxygen atoms in total. The summed E-state index contributed by atoms with van der Waals surface area (Å²) in [5.74, 6) is 1.81. The molecule has 1 saturated heterocycles. The van der Waals surface area contributed by atoms with Crippen LogP contribution in [-0.4, -0.2) is 30.1 Å². The Morgan fingerprint density at radius 2 is 1.71 bits per heavy atom. The van der Waals surface area contributed by atoms with Crippen LogP contribution in [0.5, 0.6) is 0 Å².